The molecule has 0 saturated carbocycles. The first-order valence-corrected chi connectivity index (χ1v) is 9.89. The smallest absolute Gasteiger partial charge is 0.274 e. The average Bonchev–Trinajstić information content (AvgIpc) is 2.84. The molecule has 7 nitrogen and oxygen atoms in total. The van der Waals surface area contributed by atoms with E-state index in [0.29, 0.717) is 18.6 Å². The van der Waals surface area contributed by atoms with Gasteiger partial charge in [0.15, 0.2) is 11.4 Å². The van der Waals surface area contributed by atoms with Crippen molar-refractivity contribution in [3.8, 4) is 5.75 Å². The topological polar surface area (TPSA) is 91.6 Å². The lowest BCUT2D eigenvalue weighted by Gasteiger charge is -2.38. The molecule has 2 atom stereocenters. The Hall–Kier alpha value is -3.37. The highest BCUT2D eigenvalue weighted by Crippen LogP contribution is 2.40. The van der Waals surface area contributed by atoms with Crippen LogP contribution in [-0.2, 0) is 6.54 Å². The van der Waals surface area contributed by atoms with E-state index in [0.717, 1.165) is 10.8 Å². The number of alkyl halides is 1. The second kappa shape index (κ2) is 7.64. The third-order valence-corrected chi connectivity index (χ3v) is 5.99. The molecule has 2 amide bonds. The van der Waals surface area contributed by atoms with Crippen LogP contribution in [0.4, 0.5) is 17.6 Å². The third-order valence-electron chi connectivity index (χ3n) is 5.99. The minimum absolute atomic E-state index is 0.00575. The summed E-state index contributed by atoms with van der Waals surface area (Å²) in [7, 11) is 0. The number of halogens is 4. The molecular weight excluding hydrogens is 434 g/mol. The van der Waals surface area contributed by atoms with Crippen molar-refractivity contribution in [2.45, 2.75) is 38.0 Å². The number of rotatable bonds is 3. The summed E-state index contributed by atoms with van der Waals surface area (Å²) in [6.07, 6.45) is 1.49. The summed E-state index contributed by atoms with van der Waals surface area (Å²) < 4.78 is 57.1. The van der Waals surface area contributed by atoms with Crippen molar-refractivity contribution in [1.29, 1.82) is 0 Å². The second-order valence-electron chi connectivity index (χ2n) is 8.16. The quantitative estimate of drug-likeness (QED) is 0.699. The van der Waals surface area contributed by atoms with Crippen LogP contribution in [0, 0.1) is 17.5 Å². The number of nitrogens with zero attached hydrogens (tertiary/aromatic N) is 2. The van der Waals surface area contributed by atoms with Crippen LogP contribution in [0.15, 0.2) is 23.1 Å². The van der Waals surface area contributed by atoms with Gasteiger partial charge >= 0.3 is 0 Å². The Bertz CT molecular complexity index is 1170. The minimum Gasteiger partial charge on any atom is -0.503 e. The van der Waals surface area contributed by atoms with Gasteiger partial charge in [0.2, 0.25) is 5.43 Å². The van der Waals surface area contributed by atoms with Crippen molar-refractivity contribution in [2.24, 2.45) is 0 Å². The minimum atomic E-state index is -1.79. The largest absolute Gasteiger partial charge is 0.503 e. The maximum Gasteiger partial charge on any atom is 0.274 e. The van der Waals surface area contributed by atoms with Gasteiger partial charge in [-0.15, -0.1) is 0 Å². The Morgan fingerprint density at radius 3 is 2.56 bits per heavy atom. The van der Waals surface area contributed by atoms with Gasteiger partial charge in [0.05, 0.1) is 6.04 Å². The molecule has 11 heteroatoms. The van der Waals surface area contributed by atoms with Gasteiger partial charge in [-0.05, 0) is 19.8 Å². The molecular formula is C21H19F4N3O4. The molecule has 0 aliphatic carbocycles. The lowest BCUT2D eigenvalue weighted by atomic mass is 9.92. The van der Waals surface area contributed by atoms with E-state index in [1.54, 1.807) is 0 Å². The number of fused-ring (bicyclic) bond motifs is 4. The molecule has 1 aromatic carbocycles. The van der Waals surface area contributed by atoms with Crippen LogP contribution in [0.25, 0.3) is 0 Å². The Morgan fingerprint density at radius 2 is 1.91 bits per heavy atom. The van der Waals surface area contributed by atoms with E-state index >= 15 is 4.39 Å². The zero-order valence-electron chi connectivity index (χ0n) is 16.9. The van der Waals surface area contributed by atoms with Gasteiger partial charge in [-0.25, -0.2) is 17.6 Å². The first-order valence-electron chi connectivity index (χ1n) is 9.89. The summed E-state index contributed by atoms with van der Waals surface area (Å²) >= 11 is 0. The molecule has 2 N–H and O–H groups in total. The number of hydrogen-bond donors (Lipinski definition) is 2. The van der Waals surface area contributed by atoms with E-state index < -0.39 is 75.5 Å². The molecule has 2 aliphatic rings. The molecule has 1 aromatic heterocycles. The third kappa shape index (κ3) is 3.51. The molecule has 2 aromatic rings. The number of benzene rings is 1. The van der Waals surface area contributed by atoms with Gasteiger partial charge in [0.1, 0.15) is 28.7 Å². The molecule has 32 heavy (non-hydrogen) atoms. The number of aromatic nitrogens is 1. The Balaban J connectivity index is 1.72. The van der Waals surface area contributed by atoms with Crippen LogP contribution in [0.1, 0.15) is 52.2 Å². The lowest BCUT2D eigenvalue weighted by Crippen LogP contribution is -2.48. The van der Waals surface area contributed by atoms with Gasteiger partial charge in [-0.3, -0.25) is 14.4 Å². The Morgan fingerprint density at radius 1 is 1.25 bits per heavy atom. The van der Waals surface area contributed by atoms with E-state index in [1.807, 2.05) is 0 Å². The summed E-state index contributed by atoms with van der Waals surface area (Å²) in [4.78, 5) is 39.3. The summed E-state index contributed by atoms with van der Waals surface area (Å²) in [6.45, 7) is 0.888. The van der Waals surface area contributed by atoms with Crippen molar-refractivity contribution >= 4 is 11.8 Å². The molecule has 3 heterocycles. The van der Waals surface area contributed by atoms with E-state index in [9.17, 15) is 32.7 Å². The Labute approximate surface area is 179 Å². The predicted octanol–water partition coefficient (Wildman–Crippen LogP) is 2.42. The zero-order chi connectivity index (χ0) is 23.4. The van der Waals surface area contributed by atoms with Gasteiger partial charge < -0.3 is 19.9 Å². The lowest BCUT2D eigenvalue weighted by molar-refractivity contribution is 0.0520. The van der Waals surface area contributed by atoms with Crippen LogP contribution in [0.2, 0.25) is 0 Å². The first-order chi connectivity index (χ1) is 15.0. The summed E-state index contributed by atoms with van der Waals surface area (Å²) in [6, 6.07) is -0.0755. The maximum atomic E-state index is 15.3. The first kappa shape index (κ1) is 21.8. The normalized spacial score (nSPS) is 22.3. The summed E-state index contributed by atoms with van der Waals surface area (Å²) in [5.41, 5.74) is -4.64. The van der Waals surface area contributed by atoms with E-state index in [-0.39, 0.29) is 19.5 Å². The number of hydrogen-bond acceptors (Lipinski definition) is 4. The van der Waals surface area contributed by atoms with Gasteiger partial charge in [-0.2, -0.15) is 0 Å². The van der Waals surface area contributed by atoms with Crippen LogP contribution in [-0.4, -0.2) is 45.1 Å². The summed E-state index contributed by atoms with van der Waals surface area (Å²) in [5, 5.41) is 12.6. The van der Waals surface area contributed by atoms with E-state index in [1.165, 1.54) is 11.8 Å². The van der Waals surface area contributed by atoms with Gasteiger partial charge in [0, 0.05) is 43.5 Å². The fraction of sp³-hybridized carbons (Fsp3) is 0.381. The average molecular weight is 453 g/mol. The molecule has 2 bridgehead atoms. The van der Waals surface area contributed by atoms with Crippen molar-refractivity contribution in [1.82, 2.24) is 14.8 Å². The SMILES string of the molecule is C[C@]1(F)CCCN2C[C@@H]1n1cc(C(=O)NCc3c(F)cc(F)cc3F)c(=O)c(O)c1C2=O. The highest BCUT2D eigenvalue weighted by atomic mass is 19.2. The molecule has 1 fully saturated rings. The predicted molar refractivity (Wildman–Crippen MR) is 104 cm³/mol. The molecule has 0 unspecified atom stereocenters. The van der Waals surface area contributed by atoms with Crippen molar-refractivity contribution in [2.75, 3.05) is 13.1 Å². The fourth-order valence-corrected chi connectivity index (χ4v) is 4.23. The standard InChI is InChI=1S/C21H19F4N3O4/c1-21(25)3-2-4-27-9-15(21)28-8-12(17(29)18(30)16(28)20(27)32)19(31)26-7-11-13(23)5-10(22)6-14(11)24/h5-6,8,15,30H,2-4,7,9H2,1H3,(H,26,31)/t15-,21-/m0/s1. The zero-order valence-corrected chi connectivity index (χ0v) is 16.9. The fourth-order valence-electron chi connectivity index (χ4n) is 4.23. The molecule has 0 spiro atoms. The van der Waals surface area contributed by atoms with Crippen molar-refractivity contribution in [3.05, 3.63) is 62.8 Å². The number of aromatic hydroxyl groups is 1. The molecule has 0 radical (unpaired) electrons. The summed E-state index contributed by atoms with van der Waals surface area (Å²) in [5.74, 6) is -6.36. The van der Waals surface area contributed by atoms with Crippen LogP contribution >= 0.6 is 0 Å². The van der Waals surface area contributed by atoms with Crippen molar-refractivity contribution in [3.63, 3.8) is 0 Å². The number of carbonyl (C=O) groups excluding carboxylic acids is 2. The van der Waals surface area contributed by atoms with E-state index in [4.69, 9.17) is 0 Å². The van der Waals surface area contributed by atoms with Gasteiger partial charge in [0.25, 0.3) is 11.8 Å². The number of nitrogens with one attached hydrogen (secondary N) is 1. The molecule has 170 valence electrons. The monoisotopic (exact) mass is 453 g/mol. The van der Waals surface area contributed by atoms with Crippen LogP contribution in [0.3, 0.4) is 0 Å². The molecule has 4 rings (SSSR count). The highest BCUT2D eigenvalue weighted by molar-refractivity contribution is 5.99. The Kier molecular flexibility index (Phi) is 5.22. The number of pyridine rings is 1. The van der Waals surface area contributed by atoms with Crippen LogP contribution in [0.5, 0.6) is 5.75 Å². The molecule has 2 aliphatic heterocycles. The van der Waals surface area contributed by atoms with Crippen LogP contribution < -0.4 is 10.7 Å². The highest BCUT2D eigenvalue weighted by Gasteiger charge is 2.46. The van der Waals surface area contributed by atoms with E-state index in [2.05, 4.69) is 5.32 Å². The van der Waals surface area contributed by atoms with Crippen molar-refractivity contribution < 1.29 is 32.3 Å². The number of amides is 2. The van der Waals surface area contributed by atoms with Gasteiger partial charge in [-0.1, -0.05) is 0 Å². The maximum absolute atomic E-state index is 15.3. The molecule has 1 saturated heterocycles. The number of carbonyl (C=O) groups is 2. The second-order valence-corrected chi connectivity index (χ2v) is 8.16.